The Labute approximate surface area is 111 Å². The van der Waals surface area contributed by atoms with Crippen molar-refractivity contribution in [1.82, 2.24) is 14.7 Å². The van der Waals surface area contributed by atoms with Crippen molar-refractivity contribution in [2.45, 2.75) is 26.7 Å². The number of nitrogens with one attached hydrogen (secondary N) is 1. The van der Waals surface area contributed by atoms with E-state index in [9.17, 15) is 4.79 Å². The number of carbonyl (C=O) groups excluding carboxylic acids is 1. The molecule has 1 amide bonds. The Morgan fingerprint density at radius 3 is 3.06 bits per heavy atom. The average Bonchev–Trinajstić information content (AvgIpc) is 2.64. The van der Waals surface area contributed by atoms with Gasteiger partial charge in [-0.2, -0.15) is 0 Å². The van der Waals surface area contributed by atoms with Gasteiger partial charge in [0.1, 0.15) is 11.3 Å². The SMILES string of the molecule is CCCCNC(=O)c1c(C)nc2cc(Cl)ccn12. The lowest BCUT2D eigenvalue weighted by Gasteiger charge is -2.05. The lowest BCUT2D eigenvalue weighted by Crippen LogP contribution is -2.26. The molecule has 2 heterocycles. The molecule has 0 aliphatic heterocycles. The van der Waals surface area contributed by atoms with Crippen molar-refractivity contribution in [3.8, 4) is 0 Å². The number of rotatable bonds is 4. The first-order valence-corrected chi connectivity index (χ1v) is 6.43. The van der Waals surface area contributed by atoms with Crippen LogP contribution in [-0.4, -0.2) is 21.8 Å². The van der Waals surface area contributed by atoms with Crippen molar-refractivity contribution in [2.75, 3.05) is 6.54 Å². The molecule has 0 fully saturated rings. The molecule has 4 nitrogen and oxygen atoms in total. The minimum atomic E-state index is -0.0872. The van der Waals surface area contributed by atoms with Crippen molar-refractivity contribution < 1.29 is 4.79 Å². The monoisotopic (exact) mass is 265 g/mol. The Morgan fingerprint density at radius 1 is 1.56 bits per heavy atom. The van der Waals surface area contributed by atoms with E-state index in [-0.39, 0.29) is 5.91 Å². The fraction of sp³-hybridized carbons (Fsp3) is 0.385. The van der Waals surface area contributed by atoms with E-state index < -0.39 is 0 Å². The normalized spacial score (nSPS) is 10.8. The van der Waals surface area contributed by atoms with Gasteiger partial charge in [-0.25, -0.2) is 4.98 Å². The van der Waals surface area contributed by atoms with Crippen LogP contribution >= 0.6 is 11.6 Å². The van der Waals surface area contributed by atoms with E-state index >= 15 is 0 Å². The molecule has 2 aromatic heterocycles. The third kappa shape index (κ3) is 2.48. The number of halogens is 1. The molecule has 1 N–H and O–H groups in total. The van der Waals surface area contributed by atoms with Crippen LogP contribution in [0, 0.1) is 6.92 Å². The predicted octanol–water partition coefficient (Wildman–Crippen LogP) is 2.83. The molecule has 0 radical (unpaired) electrons. The molecular formula is C13H16ClN3O. The summed E-state index contributed by atoms with van der Waals surface area (Å²) in [6.07, 6.45) is 3.81. The van der Waals surface area contributed by atoms with E-state index in [1.165, 1.54) is 0 Å². The summed E-state index contributed by atoms with van der Waals surface area (Å²) in [6, 6.07) is 3.50. The summed E-state index contributed by atoms with van der Waals surface area (Å²) in [4.78, 5) is 16.4. The highest BCUT2D eigenvalue weighted by molar-refractivity contribution is 6.30. The smallest absolute Gasteiger partial charge is 0.270 e. The lowest BCUT2D eigenvalue weighted by atomic mass is 10.3. The number of aryl methyl sites for hydroxylation is 1. The first-order chi connectivity index (χ1) is 8.63. The molecule has 2 aromatic rings. The molecule has 0 bridgehead atoms. The summed E-state index contributed by atoms with van der Waals surface area (Å²) in [5, 5.41) is 3.52. The summed E-state index contributed by atoms with van der Waals surface area (Å²) in [5.74, 6) is -0.0872. The van der Waals surface area contributed by atoms with Gasteiger partial charge in [0.05, 0.1) is 5.69 Å². The van der Waals surface area contributed by atoms with Gasteiger partial charge in [0.15, 0.2) is 0 Å². The maximum Gasteiger partial charge on any atom is 0.270 e. The number of amides is 1. The van der Waals surface area contributed by atoms with Crippen molar-refractivity contribution in [3.05, 3.63) is 34.7 Å². The number of hydrogen-bond acceptors (Lipinski definition) is 2. The van der Waals surface area contributed by atoms with E-state index in [0.29, 0.717) is 28.6 Å². The largest absolute Gasteiger partial charge is 0.351 e. The maximum atomic E-state index is 12.1. The van der Waals surface area contributed by atoms with E-state index in [0.717, 1.165) is 12.8 Å². The maximum absolute atomic E-state index is 12.1. The minimum Gasteiger partial charge on any atom is -0.351 e. The highest BCUT2D eigenvalue weighted by atomic mass is 35.5. The quantitative estimate of drug-likeness (QED) is 0.864. The second kappa shape index (κ2) is 5.40. The standard InChI is InChI=1S/C13H16ClN3O/c1-3-4-6-15-13(18)12-9(2)16-11-8-10(14)5-7-17(11)12/h5,7-8H,3-4,6H2,1-2H3,(H,15,18). The van der Waals surface area contributed by atoms with Crippen LogP contribution < -0.4 is 5.32 Å². The van der Waals surface area contributed by atoms with Crippen molar-refractivity contribution >= 4 is 23.2 Å². The van der Waals surface area contributed by atoms with E-state index in [1.54, 1.807) is 22.7 Å². The molecule has 96 valence electrons. The van der Waals surface area contributed by atoms with Crippen LogP contribution in [-0.2, 0) is 0 Å². The molecule has 0 aliphatic carbocycles. The first kappa shape index (κ1) is 12.9. The van der Waals surface area contributed by atoms with Gasteiger partial charge in [-0.3, -0.25) is 9.20 Å². The van der Waals surface area contributed by atoms with Crippen LogP contribution in [0.25, 0.3) is 5.65 Å². The van der Waals surface area contributed by atoms with Crippen LogP contribution in [0.3, 0.4) is 0 Å². The molecular weight excluding hydrogens is 250 g/mol. The van der Waals surface area contributed by atoms with Crippen LogP contribution in [0.4, 0.5) is 0 Å². The van der Waals surface area contributed by atoms with Gasteiger partial charge in [-0.05, 0) is 19.4 Å². The van der Waals surface area contributed by atoms with Gasteiger partial charge in [-0.1, -0.05) is 24.9 Å². The van der Waals surface area contributed by atoms with Crippen LogP contribution in [0.1, 0.15) is 35.9 Å². The second-order valence-corrected chi connectivity index (χ2v) is 4.66. The van der Waals surface area contributed by atoms with Crippen LogP contribution in [0.2, 0.25) is 5.02 Å². The fourth-order valence-electron chi connectivity index (χ4n) is 1.87. The summed E-state index contributed by atoms with van der Waals surface area (Å²) >= 11 is 5.91. The van der Waals surface area contributed by atoms with E-state index in [2.05, 4.69) is 17.2 Å². The number of carbonyl (C=O) groups is 1. The number of aromatic nitrogens is 2. The van der Waals surface area contributed by atoms with Gasteiger partial charge in [-0.15, -0.1) is 0 Å². The molecule has 2 rings (SSSR count). The van der Waals surface area contributed by atoms with Crippen LogP contribution in [0.5, 0.6) is 0 Å². The highest BCUT2D eigenvalue weighted by Crippen LogP contribution is 2.16. The zero-order valence-corrected chi connectivity index (χ0v) is 11.3. The van der Waals surface area contributed by atoms with Crippen molar-refractivity contribution in [2.24, 2.45) is 0 Å². The molecule has 0 saturated heterocycles. The predicted molar refractivity (Wildman–Crippen MR) is 72.2 cm³/mol. The topological polar surface area (TPSA) is 46.4 Å². The summed E-state index contributed by atoms with van der Waals surface area (Å²) < 4.78 is 1.77. The minimum absolute atomic E-state index is 0.0872. The summed E-state index contributed by atoms with van der Waals surface area (Å²) in [5.41, 5.74) is 1.99. The number of fused-ring (bicyclic) bond motifs is 1. The summed E-state index contributed by atoms with van der Waals surface area (Å²) in [7, 11) is 0. The zero-order valence-electron chi connectivity index (χ0n) is 10.5. The van der Waals surface area contributed by atoms with Crippen molar-refractivity contribution in [3.63, 3.8) is 0 Å². The molecule has 0 atom stereocenters. The fourth-order valence-corrected chi connectivity index (χ4v) is 2.03. The number of pyridine rings is 1. The number of unbranched alkanes of at least 4 members (excludes halogenated alkanes) is 1. The van der Waals surface area contributed by atoms with E-state index in [1.807, 2.05) is 6.92 Å². The Morgan fingerprint density at radius 2 is 2.33 bits per heavy atom. The lowest BCUT2D eigenvalue weighted by molar-refractivity contribution is 0.0946. The number of imidazole rings is 1. The first-order valence-electron chi connectivity index (χ1n) is 6.06. The Balaban J connectivity index is 2.32. The average molecular weight is 266 g/mol. The van der Waals surface area contributed by atoms with Gasteiger partial charge >= 0.3 is 0 Å². The molecule has 0 saturated carbocycles. The van der Waals surface area contributed by atoms with Gasteiger partial charge < -0.3 is 5.32 Å². The molecule has 18 heavy (non-hydrogen) atoms. The van der Waals surface area contributed by atoms with E-state index in [4.69, 9.17) is 11.6 Å². The molecule has 0 aromatic carbocycles. The Hall–Kier alpha value is -1.55. The summed E-state index contributed by atoms with van der Waals surface area (Å²) in [6.45, 7) is 4.61. The number of hydrogen-bond donors (Lipinski definition) is 1. The molecule has 0 spiro atoms. The molecule has 0 aliphatic rings. The zero-order chi connectivity index (χ0) is 13.1. The van der Waals surface area contributed by atoms with Gasteiger partial charge in [0.2, 0.25) is 0 Å². The van der Waals surface area contributed by atoms with Crippen LogP contribution in [0.15, 0.2) is 18.3 Å². The highest BCUT2D eigenvalue weighted by Gasteiger charge is 2.15. The third-order valence-corrected chi connectivity index (χ3v) is 3.03. The Kier molecular flexibility index (Phi) is 3.87. The van der Waals surface area contributed by atoms with Crippen molar-refractivity contribution in [1.29, 1.82) is 0 Å². The third-order valence-electron chi connectivity index (χ3n) is 2.79. The number of nitrogens with zero attached hydrogens (tertiary/aromatic N) is 2. The second-order valence-electron chi connectivity index (χ2n) is 4.23. The molecule has 5 heteroatoms. The van der Waals surface area contributed by atoms with Gasteiger partial charge in [0.25, 0.3) is 5.91 Å². The van der Waals surface area contributed by atoms with Gasteiger partial charge in [0, 0.05) is 23.8 Å². The molecule has 0 unspecified atom stereocenters. The Bertz CT molecular complexity index is 577.